The second-order valence-corrected chi connectivity index (χ2v) is 8.83. The third kappa shape index (κ3) is 4.69. The van der Waals surface area contributed by atoms with Crippen LogP contribution in [0.3, 0.4) is 0 Å². The van der Waals surface area contributed by atoms with Gasteiger partial charge in [-0.3, -0.25) is 14.7 Å². The molecule has 1 N–H and O–H groups in total. The molecule has 2 aromatic carbocycles. The molecule has 7 heteroatoms. The number of rotatable bonds is 6. The predicted molar refractivity (Wildman–Crippen MR) is 129 cm³/mol. The van der Waals surface area contributed by atoms with Crippen molar-refractivity contribution >= 4 is 44.4 Å². The minimum atomic E-state index is -0.951. The van der Waals surface area contributed by atoms with Crippen molar-refractivity contribution < 1.29 is 14.3 Å². The lowest BCUT2D eigenvalue weighted by molar-refractivity contribution is -0.123. The lowest BCUT2D eigenvalue weighted by Crippen LogP contribution is -2.34. The molecule has 166 valence electrons. The van der Waals surface area contributed by atoms with Gasteiger partial charge in [-0.05, 0) is 54.0 Å². The number of ether oxygens (including phenoxy) is 1. The van der Waals surface area contributed by atoms with Gasteiger partial charge in [0.15, 0.2) is 6.10 Å². The molecule has 0 aliphatic carbocycles. The first kappa shape index (κ1) is 22.4. The topological polar surface area (TPSA) is 71.5 Å². The number of hydrogen-bond donors (Lipinski definition) is 1. The molecule has 1 unspecified atom stereocenters. The molecule has 1 aliphatic heterocycles. The quantitative estimate of drug-likeness (QED) is 0.489. The highest BCUT2D eigenvalue weighted by atomic mass is 79.9. The van der Waals surface area contributed by atoms with E-state index in [2.05, 4.69) is 33.1 Å². The largest absolute Gasteiger partial charge is 0.449 e. The fourth-order valence-corrected chi connectivity index (χ4v) is 4.44. The van der Waals surface area contributed by atoms with Crippen molar-refractivity contribution in [3.05, 3.63) is 69.8 Å². The Morgan fingerprint density at radius 1 is 1.19 bits per heavy atom. The van der Waals surface area contributed by atoms with Crippen molar-refractivity contribution in [2.45, 2.75) is 39.3 Å². The summed E-state index contributed by atoms with van der Waals surface area (Å²) in [6.45, 7) is 6.28. The molecule has 6 nitrogen and oxygen atoms in total. The smallest absolute Gasteiger partial charge is 0.339 e. The maximum atomic E-state index is 13.4. The summed E-state index contributed by atoms with van der Waals surface area (Å²) >= 11 is 3.41. The van der Waals surface area contributed by atoms with Crippen molar-refractivity contribution in [3.8, 4) is 0 Å². The summed E-state index contributed by atoms with van der Waals surface area (Å²) in [7, 11) is 0. The molecule has 1 amide bonds. The molecule has 32 heavy (non-hydrogen) atoms. The van der Waals surface area contributed by atoms with Gasteiger partial charge in [0.2, 0.25) is 0 Å². The SMILES string of the molecule is CCCN1CCc2nc3ccccc3c(C(=O)OC(C)C(=O)Nc3ccccc3Br)c2C1. The number of benzene rings is 2. The van der Waals surface area contributed by atoms with Crippen LogP contribution in [0.2, 0.25) is 0 Å². The predicted octanol–water partition coefficient (Wildman–Crippen LogP) is 4.95. The molecule has 2 heterocycles. The number of carbonyl (C=O) groups is 2. The Bertz CT molecular complexity index is 1160. The lowest BCUT2D eigenvalue weighted by atomic mass is 9.95. The zero-order chi connectivity index (χ0) is 22.7. The summed E-state index contributed by atoms with van der Waals surface area (Å²) in [5.74, 6) is -0.877. The number of nitrogens with one attached hydrogen (secondary N) is 1. The first-order valence-corrected chi connectivity index (χ1v) is 11.7. The van der Waals surface area contributed by atoms with Crippen molar-refractivity contribution in [2.24, 2.45) is 0 Å². The number of anilines is 1. The van der Waals surface area contributed by atoms with Crippen LogP contribution in [0.15, 0.2) is 53.0 Å². The molecule has 0 saturated heterocycles. The molecule has 0 fully saturated rings. The van der Waals surface area contributed by atoms with Crippen LogP contribution in [-0.4, -0.2) is 41.0 Å². The van der Waals surface area contributed by atoms with Gasteiger partial charge in [0.05, 0.1) is 16.8 Å². The van der Waals surface area contributed by atoms with Gasteiger partial charge in [0.25, 0.3) is 5.91 Å². The summed E-state index contributed by atoms with van der Waals surface area (Å²) < 4.78 is 6.43. The van der Waals surface area contributed by atoms with Crippen LogP contribution in [0.25, 0.3) is 10.9 Å². The van der Waals surface area contributed by atoms with Crippen molar-refractivity contribution in [1.29, 1.82) is 0 Å². The number of fused-ring (bicyclic) bond motifs is 2. The number of halogens is 1. The highest BCUT2D eigenvalue weighted by molar-refractivity contribution is 9.10. The van der Waals surface area contributed by atoms with E-state index in [1.165, 1.54) is 0 Å². The van der Waals surface area contributed by atoms with E-state index in [1.54, 1.807) is 13.0 Å². The molecule has 1 aromatic heterocycles. The molecular formula is C25H26BrN3O3. The van der Waals surface area contributed by atoms with Crippen molar-refractivity contribution in [1.82, 2.24) is 9.88 Å². The van der Waals surface area contributed by atoms with Crippen LogP contribution in [0.5, 0.6) is 0 Å². The second-order valence-electron chi connectivity index (χ2n) is 7.97. The average Bonchev–Trinajstić information content (AvgIpc) is 2.79. The first-order chi connectivity index (χ1) is 15.5. The van der Waals surface area contributed by atoms with E-state index in [9.17, 15) is 9.59 Å². The van der Waals surface area contributed by atoms with E-state index in [0.717, 1.165) is 52.6 Å². The third-order valence-electron chi connectivity index (χ3n) is 5.65. The van der Waals surface area contributed by atoms with E-state index in [4.69, 9.17) is 9.72 Å². The number of pyridine rings is 1. The second kappa shape index (κ2) is 9.79. The third-order valence-corrected chi connectivity index (χ3v) is 6.35. The van der Waals surface area contributed by atoms with Gasteiger partial charge in [-0.1, -0.05) is 37.3 Å². The molecule has 0 saturated carbocycles. The summed E-state index contributed by atoms with van der Waals surface area (Å²) in [4.78, 5) is 33.2. The van der Waals surface area contributed by atoms with E-state index in [1.807, 2.05) is 42.5 Å². The Hall–Kier alpha value is -2.77. The van der Waals surface area contributed by atoms with E-state index in [-0.39, 0.29) is 5.91 Å². The number of esters is 1. The Balaban J connectivity index is 1.62. The fraction of sp³-hybridized carbons (Fsp3) is 0.320. The van der Waals surface area contributed by atoms with Gasteiger partial charge in [0.1, 0.15) is 0 Å². The highest BCUT2D eigenvalue weighted by Crippen LogP contribution is 2.29. The molecular weight excluding hydrogens is 470 g/mol. The zero-order valence-corrected chi connectivity index (χ0v) is 19.8. The number of nitrogens with zero attached hydrogens (tertiary/aromatic N) is 2. The number of carbonyl (C=O) groups excluding carboxylic acids is 2. The highest BCUT2D eigenvalue weighted by Gasteiger charge is 2.28. The number of para-hydroxylation sites is 2. The van der Waals surface area contributed by atoms with E-state index >= 15 is 0 Å². The van der Waals surface area contributed by atoms with E-state index in [0.29, 0.717) is 17.8 Å². The van der Waals surface area contributed by atoms with Crippen LogP contribution in [0, 0.1) is 0 Å². The molecule has 4 rings (SSSR count). The Labute approximate surface area is 196 Å². The van der Waals surface area contributed by atoms with Crippen LogP contribution in [0.4, 0.5) is 5.69 Å². The molecule has 0 bridgehead atoms. The van der Waals surface area contributed by atoms with Gasteiger partial charge in [0, 0.05) is 40.6 Å². The fourth-order valence-electron chi connectivity index (χ4n) is 4.06. The van der Waals surface area contributed by atoms with Crippen molar-refractivity contribution in [2.75, 3.05) is 18.4 Å². The van der Waals surface area contributed by atoms with Gasteiger partial charge >= 0.3 is 5.97 Å². The first-order valence-electron chi connectivity index (χ1n) is 10.9. The Kier molecular flexibility index (Phi) is 6.86. The minimum Gasteiger partial charge on any atom is -0.449 e. The van der Waals surface area contributed by atoms with Crippen LogP contribution < -0.4 is 5.32 Å². The molecule has 1 aliphatic rings. The Morgan fingerprint density at radius 2 is 1.94 bits per heavy atom. The summed E-state index contributed by atoms with van der Waals surface area (Å²) in [6.07, 6.45) is 0.883. The summed E-state index contributed by atoms with van der Waals surface area (Å²) in [6, 6.07) is 14.9. The molecule has 1 atom stereocenters. The number of amides is 1. The summed E-state index contributed by atoms with van der Waals surface area (Å²) in [5, 5.41) is 3.56. The lowest BCUT2D eigenvalue weighted by Gasteiger charge is -2.29. The van der Waals surface area contributed by atoms with Gasteiger partial charge in [-0.2, -0.15) is 0 Å². The summed E-state index contributed by atoms with van der Waals surface area (Å²) in [5.41, 5.74) is 3.77. The van der Waals surface area contributed by atoms with Gasteiger partial charge in [-0.15, -0.1) is 0 Å². The normalized spacial score (nSPS) is 14.6. The maximum absolute atomic E-state index is 13.4. The van der Waals surface area contributed by atoms with E-state index < -0.39 is 12.1 Å². The Morgan fingerprint density at radius 3 is 2.72 bits per heavy atom. The molecule has 3 aromatic rings. The van der Waals surface area contributed by atoms with Crippen LogP contribution in [-0.2, 0) is 22.5 Å². The number of aromatic nitrogens is 1. The van der Waals surface area contributed by atoms with Crippen LogP contribution in [0.1, 0.15) is 41.9 Å². The van der Waals surface area contributed by atoms with Crippen LogP contribution >= 0.6 is 15.9 Å². The minimum absolute atomic E-state index is 0.384. The van der Waals surface area contributed by atoms with Gasteiger partial charge in [-0.25, -0.2) is 4.79 Å². The van der Waals surface area contributed by atoms with Gasteiger partial charge < -0.3 is 10.1 Å². The van der Waals surface area contributed by atoms with Crippen molar-refractivity contribution in [3.63, 3.8) is 0 Å². The molecule has 0 radical (unpaired) electrons. The maximum Gasteiger partial charge on any atom is 0.339 e. The monoisotopic (exact) mass is 495 g/mol. The standard InChI is InChI=1S/C25H26BrN3O3/c1-3-13-29-14-12-21-18(15-29)23(17-8-4-6-10-20(17)27-21)25(31)32-16(2)24(30)28-22-11-7-5-9-19(22)26/h4-11,16H,3,12-15H2,1-2H3,(H,28,30). The number of hydrogen-bond acceptors (Lipinski definition) is 5. The molecule has 0 spiro atoms. The zero-order valence-electron chi connectivity index (χ0n) is 18.2. The average molecular weight is 496 g/mol.